The molecule has 0 saturated heterocycles. The first-order valence-corrected chi connectivity index (χ1v) is 22.3. The van der Waals surface area contributed by atoms with Crippen molar-refractivity contribution >= 4 is 41.1 Å². The number of carbonyl (C=O) groups is 5. The first-order valence-electron chi connectivity index (χ1n) is 21.4. The van der Waals surface area contributed by atoms with E-state index in [4.69, 9.17) is 19.2 Å². The summed E-state index contributed by atoms with van der Waals surface area (Å²) in [5.41, 5.74) is 0.282. The van der Waals surface area contributed by atoms with E-state index < -0.39 is 41.8 Å². The van der Waals surface area contributed by atoms with Crippen LogP contribution in [-0.4, -0.2) is 115 Å². The van der Waals surface area contributed by atoms with E-state index in [-0.39, 0.29) is 67.8 Å². The average molecular weight is 863 g/mol. The van der Waals surface area contributed by atoms with Gasteiger partial charge in [-0.1, -0.05) is 53.2 Å². The summed E-state index contributed by atoms with van der Waals surface area (Å²) in [7, 11) is 1.89. The zero-order valence-corrected chi connectivity index (χ0v) is 38.4. The van der Waals surface area contributed by atoms with Gasteiger partial charge in [0.05, 0.1) is 19.6 Å². The normalized spacial score (nSPS) is 13.6. The molecule has 1 aromatic heterocycles. The largest absolute Gasteiger partial charge is 0.461 e. The lowest BCUT2D eigenvalue weighted by atomic mass is 9.95. The van der Waals surface area contributed by atoms with Gasteiger partial charge in [-0.3, -0.25) is 24.1 Å². The van der Waals surface area contributed by atoms with E-state index in [0.29, 0.717) is 31.0 Å². The smallest absolute Gasteiger partial charge is 0.407 e. The molecule has 4 atom stereocenters. The van der Waals surface area contributed by atoms with Crippen LogP contribution in [0.25, 0.3) is 0 Å². The minimum atomic E-state index is -0.666. The molecule has 16 heteroatoms. The highest BCUT2D eigenvalue weighted by atomic mass is 32.1. The summed E-state index contributed by atoms with van der Waals surface area (Å²) in [6, 6.07) is 5.18. The highest BCUT2D eigenvalue weighted by Crippen LogP contribution is 2.31. The van der Waals surface area contributed by atoms with Crippen molar-refractivity contribution in [1.29, 1.82) is 0 Å². The number of hydrogen-bond acceptors (Lipinski definition) is 11. The minimum absolute atomic E-state index is 0.0264. The molecule has 0 radical (unpaired) electrons. The molecule has 1 aromatic carbocycles. The number of likely N-dealkylation sites (N-methyl/N-ethyl adjacent to an activating group) is 1. The number of thiazole rings is 1. The van der Waals surface area contributed by atoms with Gasteiger partial charge in [0.15, 0.2) is 0 Å². The number of ether oxygens (including phenoxy) is 3. The van der Waals surface area contributed by atoms with Gasteiger partial charge in [-0.25, -0.2) is 14.2 Å². The summed E-state index contributed by atoms with van der Waals surface area (Å²) in [5, 5.41) is 10.7. The molecule has 3 N–H and O–H groups in total. The summed E-state index contributed by atoms with van der Waals surface area (Å²) >= 11 is 1.30. The molecule has 4 amide bonds. The number of halogens is 1. The van der Waals surface area contributed by atoms with E-state index in [1.807, 2.05) is 30.7 Å². The third-order valence-electron chi connectivity index (χ3n) is 9.40. The Kier molecular flexibility index (Phi) is 23.3. The van der Waals surface area contributed by atoms with Gasteiger partial charge in [0.2, 0.25) is 11.8 Å². The molecule has 0 bridgehead atoms. The molecule has 2 rings (SSSR count). The Morgan fingerprint density at radius 1 is 0.950 bits per heavy atom. The van der Waals surface area contributed by atoms with E-state index in [9.17, 15) is 28.4 Å². The van der Waals surface area contributed by atoms with Crippen LogP contribution in [-0.2, 0) is 35.0 Å². The molecular formula is C44H71FN6O8S. The fourth-order valence-electron chi connectivity index (χ4n) is 6.37. The van der Waals surface area contributed by atoms with Crippen LogP contribution in [0.3, 0.4) is 0 Å². The number of esters is 1. The first-order chi connectivity index (χ1) is 28.3. The zero-order chi connectivity index (χ0) is 44.8. The number of unbranched alkanes of at least 4 members (excludes halogenated alkanes) is 1. The lowest BCUT2D eigenvalue weighted by Gasteiger charge is -2.36. The van der Waals surface area contributed by atoms with Gasteiger partial charge in [-0.2, -0.15) is 0 Å². The molecule has 0 fully saturated rings. The van der Waals surface area contributed by atoms with Crippen LogP contribution in [0.4, 0.5) is 9.18 Å². The molecule has 14 nitrogen and oxygen atoms in total. The van der Waals surface area contributed by atoms with Crippen molar-refractivity contribution in [2.75, 3.05) is 46.4 Å². The minimum Gasteiger partial charge on any atom is -0.461 e. The number of aromatic nitrogens is 1. The van der Waals surface area contributed by atoms with Crippen molar-refractivity contribution in [3.05, 3.63) is 51.7 Å². The highest BCUT2D eigenvalue weighted by Gasteiger charge is 2.32. The maximum absolute atomic E-state index is 13.8. The van der Waals surface area contributed by atoms with Gasteiger partial charge in [-0.05, 0) is 97.0 Å². The summed E-state index contributed by atoms with van der Waals surface area (Å²) in [6.45, 7) is 19.1. The monoisotopic (exact) mass is 863 g/mol. The number of carbonyl (C=O) groups excluding carboxylic acids is 5. The van der Waals surface area contributed by atoms with Gasteiger partial charge >= 0.3 is 12.1 Å². The second kappa shape index (κ2) is 26.9. The third kappa shape index (κ3) is 20.4. The Hall–Kier alpha value is -4.15. The van der Waals surface area contributed by atoms with Crippen molar-refractivity contribution in [3.63, 3.8) is 0 Å². The number of alkyl carbamates (subject to hydrolysis) is 1. The SMILES string of the molecule is CCCCN(C)CC(=O)NCC(=O)N(CCC)C(CC(OCCC)c1nc(C(=O)NC(CCC(=O)OC(C)CNC(=O)OC(C)(C)C)Cc2ccc(F)cc2)cs1)C(C)C. The summed E-state index contributed by atoms with van der Waals surface area (Å²) in [6.07, 6.45) is 2.72. The molecule has 0 aliphatic rings. The van der Waals surface area contributed by atoms with Crippen LogP contribution in [0.1, 0.15) is 134 Å². The summed E-state index contributed by atoms with van der Waals surface area (Å²) in [4.78, 5) is 73.5. The number of amides is 4. The quantitative estimate of drug-likeness (QED) is 0.0811. The van der Waals surface area contributed by atoms with E-state index in [1.165, 1.54) is 23.5 Å². The number of nitrogens with one attached hydrogen (secondary N) is 3. The van der Waals surface area contributed by atoms with Crippen LogP contribution in [0.2, 0.25) is 0 Å². The fraction of sp³-hybridized carbons (Fsp3) is 0.682. The van der Waals surface area contributed by atoms with E-state index in [0.717, 1.165) is 37.8 Å². The molecule has 1 heterocycles. The van der Waals surface area contributed by atoms with E-state index >= 15 is 0 Å². The van der Waals surface area contributed by atoms with Crippen LogP contribution < -0.4 is 16.0 Å². The molecule has 0 saturated carbocycles. The maximum Gasteiger partial charge on any atom is 0.407 e. The Morgan fingerprint density at radius 3 is 2.27 bits per heavy atom. The van der Waals surface area contributed by atoms with Crippen molar-refractivity contribution < 1.29 is 42.6 Å². The zero-order valence-electron chi connectivity index (χ0n) is 37.6. The standard InChI is InChI=1S/C44H71FN6O8S/c1-11-14-22-50(10)28-38(52)46-27-39(53)51(21-12-2)36(30(4)5)25-37(57-23-13-3)42-49-35(29-60-42)41(55)48-34(24-32-15-17-33(45)18-16-32)19-20-40(54)58-31(6)26-47-43(56)59-44(7,8)9/h15-18,29-31,34,36-37H,11-14,19-28H2,1-10H3,(H,46,52)(H,47,56)(H,48,55). The number of hydrogen-bond donors (Lipinski definition) is 3. The molecule has 4 unspecified atom stereocenters. The number of nitrogens with zero attached hydrogens (tertiary/aromatic N) is 3. The molecule has 0 aliphatic carbocycles. The second-order valence-corrected chi connectivity index (χ2v) is 17.5. The first kappa shape index (κ1) is 52.0. The molecule has 0 spiro atoms. The van der Waals surface area contributed by atoms with E-state index in [1.54, 1.807) is 45.2 Å². The van der Waals surface area contributed by atoms with Gasteiger partial charge in [0.25, 0.3) is 5.91 Å². The summed E-state index contributed by atoms with van der Waals surface area (Å²) < 4.78 is 30.8. The topological polar surface area (TPSA) is 168 Å². The average Bonchev–Trinajstić information content (AvgIpc) is 3.67. The molecule has 0 aliphatic heterocycles. The number of benzene rings is 1. The van der Waals surface area contributed by atoms with Crippen LogP contribution in [0.15, 0.2) is 29.6 Å². The predicted octanol–water partition coefficient (Wildman–Crippen LogP) is 6.83. The highest BCUT2D eigenvalue weighted by molar-refractivity contribution is 7.09. The Morgan fingerprint density at radius 2 is 1.65 bits per heavy atom. The predicted molar refractivity (Wildman–Crippen MR) is 232 cm³/mol. The van der Waals surface area contributed by atoms with Gasteiger partial charge in [0.1, 0.15) is 34.3 Å². The van der Waals surface area contributed by atoms with Crippen LogP contribution >= 0.6 is 11.3 Å². The van der Waals surface area contributed by atoms with Crippen molar-refractivity contribution in [3.8, 4) is 0 Å². The Bertz CT molecular complexity index is 1620. The fourth-order valence-corrected chi connectivity index (χ4v) is 7.23. The maximum atomic E-state index is 13.8. The van der Waals surface area contributed by atoms with Crippen molar-refractivity contribution in [2.45, 2.75) is 144 Å². The molecular weight excluding hydrogens is 792 g/mol. The van der Waals surface area contributed by atoms with E-state index in [2.05, 4.69) is 36.7 Å². The van der Waals surface area contributed by atoms with Crippen molar-refractivity contribution in [2.24, 2.45) is 5.92 Å². The van der Waals surface area contributed by atoms with Gasteiger partial charge < -0.3 is 35.1 Å². The van der Waals surface area contributed by atoms with Crippen LogP contribution in [0.5, 0.6) is 0 Å². The Labute approximate surface area is 361 Å². The second-order valence-electron chi connectivity index (χ2n) is 16.7. The third-order valence-corrected chi connectivity index (χ3v) is 10.3. The summed E-state index contributed by atoms with van der Waals surface area (Å²) in [5.74, 6) is -1.66. The van der Waals surface area contributed by atoms with Gasteiger partial charge in [-0.15, -0.1) is 11.3 Å². The lowest BCUT2D eigenvalue weighted by Crippen LogP contribution is -2.49. The Balaban J connectivity index is 2.19. The lowest BCUT2D eigenvalue weighted by molar-refractivity contribution is -0.148. The van der Waals surface area contributed by atoms with Gasteiger partial charge in [0, 0.05) is 43.5 Å². The number of rotatable bonds is 27. The molecule has 338 valence electrons. The van der Waals surface area contributed by atoms with Crippen molar-refractivity contribution in [1.82, 2.24) is 30.7 Å². The molecule has 2 aromatic rings. The van der Waals surface area contributed by atoms with Crippen LogP contribution in [0, 0.1) is 11.7 Å². The molecule has 60 heavy (non-hydrogen) atoms.